The average Bonchev–Trinajstić information content (AvgIpc) is 3.34. The molecule has 0 unspecified atom stereocenters. The van der Waals surface area contributed by atoms with Crippen LogP contribution in [0.5, 0.6) is 0 Å². The van der Waals surface area contributed by atoms with E-state index in [1.807, 2.05) is 0 Å². The lowest BCUT2D eigenvalue weighted by atomic mass is 9.83. The molecule has 2 aliphatic rings. The van der Waals surface area contributed by atoms with Gasteiger partial charge >= 0.3 is 0 Å². The number of fused-ring (bicyclic) bond motifs is 14. The standard InChI is InChI=1S/C46H36P2/c1-47-27-33-21-19-29-11-3-7-15-35(29)41(33)43-37-17-9-5-13-31(37)23-25-39(43)45(47)46-40-26-24-32-14-6-10-18-38(32)44(40)42-34(28-48(46)2)22-20-30-12-4-8-16-36(30)42/h3-26,45-46H,27-28H2,1-2H3/t45-,46-,47+,48+/m0/s1. The summed E-state index contributed by atoms with van der Waals surface area (Å²) in [6, 6.07) is 55.9. The molecule has 0 saturated heterocycles. The van der Waals surface area contributed by atoms with Gasteiger partial charge in [0.15, 0.2) is 0 Å². The SMILES string of the molecule is C[P@]1Cc2ccc3ccccc3c2-c2c(ccc3ccccc23)[C@H]1[C@@H]1c2ccc3ccccc3c2-c2c(ccc3ccccc23)C[P@@]1C. The Morgan fingerprint density at radius 2 is 0.667 bits per heavy atom. The first-order chi connectivity index (χ1) is 23.7. The van der Waals surface area contributed by atoms with Gasteiger partial charge in [-0.25, -0.2) is 0 Å². The molecule has 0 radical (unpaired) electrons. The summed E-state index contributed by atoms with van der Waals surface area (Å²) >= 11 is 0. The van der Waals surface area contributed by atoms with Crippen molar-refractivity contribution in [3.8, 4) is 22.3 Å². The summed E-state index contributed by atoms with van der Waals surface area (Å²) < 4.78 is 0. The Labute approximate surface area is 285 Å². The molecule has 0 amide bonds. The highest BCUT2D eigenvalue weighted by Crippen LogP contribution is 2.72. The molecule has 0 aliphatic carbocycles. The van der Waals surface area contributed by atoms with Gasteiger partial charge in [-0.15, -0.1) is 0 Å². The molecule has 8 aromatic rings. The van der Waals surface area contributed by atoms with E-state index < -0.39 is 0 Å². The van der Waals surface area contributed by atoms with E-state index >= 15 is 0 Å². The van der Waals surface area contributed by atoms with E-state index in [2.05, 4.69) is 159 Å². The lowest BCUT2D eigenvalue weighted by Gasteiger charge is -2.37. The van der Waals surface area contributed by atoms with Crippen molar-refractivity contribution < 1.29 is 0 Å². The first kappa shape index (κ1) is 28.7. The van der Waals surface area contributed by atoms with Gasteiger partial charge in [0.05, 0.1) is 0 Å². The van der Waals surface area contributed by atoms with Crippen molar-refractivity contribution in [1.82, 2.24) is 0 Å². The Kier molecular flexibility index (Phi) is 6.63. The Morgan fingerprint density at radius 1 is 0.354 bits per heavy atom. The van der Waals surface area contributed by atoms with Crippen LogP contribution in [0.25, 0.3) is 65.3 Å². The molecular weight excluding hydrogens is 614 g/mol. The van der Waals surface area contributed by atoms with Crippen LogP contribution in [0.3, 0.4) is 0 Å². The summed E-state index contributed by atoms with van der Waals surface area (Å²) in [4.78, 5) is 0. The number of hydrogen-bond acceptors (Lipinski definition) is 0. The number of hydrogen-bond donors (Lipinski definition) is 0. The molecule has 10 rings (SSSR count). The third kappa shape index (κ3) is 4.23. The fourth-order valence-electron chi connectivity index (χ4n) is 9.15. The van der Waals surface area contributed by atoms with Crippen molar-refractivity contribution >= 4 is 58.9 Å². The van der Waals surface area contributed by atoms with Crippen molar-refractivity contribution in [2.45, 2.75) is 23.6 Å². The summed E-state index contributed by atoms with van der Waals surface area (Å²) in [5.41, 5.74) is 13.0. The fourth-order valence-corrected chi connectivity index (χ4v) is 15.2. The summed E-state index contributed by atoms with van der Waals surface area (Å²) in [5.74, 6) is 0. The lowest BCUT2D eigenvalue weighted by molar-refractivity contribution is 0.883. The molecule has 2 heterocycles. The molecule has 2 heteroatoms. The monoisotopic (exact) mass is 650 g/mol. The van der Waals surface area contributed by atoms with E-state index in [1.165, 1.54) is 76.5 Å². The van der Waals surface area contributed by atoms with Crippen LogP contribution >= 0.6 is 15.8 Å². The van der Waals surface area contributed by atoms with Crippen LogP contribution in [0, 0.1) is 0 Å². The van der Waals surface area contributed by atoms with Gasteiger partial charge in [-0.2, -0.15) is 0 Å². The molecule has 0 N–H and O–H groups in total. The van der Waals surface area contributed by atoms with Crippen molar-refractivity contribution in [3.63, 3.8) is 0 Å². The summed E-state index contributed by atoms with van der Waals surface area (Å²) in [6.45, 7) is 5.22. The Morgan fingerprint density at radius 3 is 1.04 bits per heavy atom. The maximum Gasteiger partial charge on any atom is 0.0157 e. The first-order valence-corrected chi connectivity index (χ1v) is 21.2. The normalized spacial score (nSPS) is 20.1. The highest BCUT2D eigenvalue weighted by Gasteiger charge is 2.41. The zero-order valence-electron chi connectivity index (χ0n) is 27.3. The molecule has 0 saturated carbocycles. The molecule has 230 valence electrons. The summed E-state index contributed by atoms with van der Waals surface area (Å²) in [6.07, 6.45) is 2.28. The van der Waals surface area contributed by atoms with Crippen LogP contribution in [0.1, 0.15) is 33.6 Å². The van der Waals surface area contributed by atoms with Crippen LogP contribution in [0.15, 0.2) is 146 Å². The average molecular weight is 651 g/mol. The zero-order valence-corrected chi connectivity index (χ0v) is 29.1. The highest BCUT2D eigenvalue weighted by atomic mass is 31.1. The number of rotatable bonds is 1. The Hall–Kier alpha value is -4.34. The molecule has 0 spiro atoms. The second-order valence-corrected chi connectivity index (χ2v) is 18.6. The van der Waals surface area contributed by atoms with Crippen LogP contribution < -0.4 is 0 Å². The molecule has 4 atom stereocenters. The molecule has 48 heavy (non-hydrogen) atoms. The maximum atomic E-state index is 2.61. The minimum absolute atomic E-state index is 0.389. The van der Waals surface area contributed by atoms with Gasteiger partial charge in [0.1, 0.15) is 0 Å². The van der Waals surface area contributed by atoms with Gasteiger partial charge in [-0.3, -0.25) is 0 Å². The summed E-state index contributed by atoms with van der Waals surface area (Å²) in [7, 11) is -0.778. The van der Waals surface area contributed by atoms with Gasteiger partial charge in [-0.1, -0.05) is 161 Å². The van der Waals surface area contributed by atoms with Gasteiger partial charge < -0.3 is 0 Å². The van der Waals surface area contributed by atoms with Crippen LogP contribution in [-0.4, -0.2) is 13.3 Å². The van der Waals surface area contributed by atoms with E-state index in [-0.39, 0.29) is 15.8 Å². The minimum atomic E-state index is -0.389. The van der Waals surface area contributed by atoms with Gasteiger partial charge in [0.2, 0.25) is 0 Å². The van der Waals surface area contributed by atoms with E-state index in [0.29, 0.717) is 11.3 Å². The molecule has 0 aromatic heterocycles. The predicted molar refractivity (Wildman–Crippen MR) is 212 cm³/mol. The Bertz CT molecular complexity index is 2400. The van der Waals surface area contributed by atoms with Crippen LogP contribution in [0.4, 0.5) is 0 Å². The van der Waals surface area contributed by atoms with Crippen molar-refractivity contribution in [1.29, 1.82) is 0 Å². The van der Waals surface area contributed by atoms with E-state index in [4.69, 9.17) is 0 Å². The largest absolute Gasteiger partial charge is 0.0967 e. The molecule has 0 fully saturated rings. The minimum Gasteiger partial charge on any atom is -0.0967 e. The molecule has 2 aliphatic heterocycles. The predicted octanol–water partition coefficient (Wildman–Crippen LogP) is 13.7. The molecular formula is C46H36P2. The zero-order chi connectivity index (χ0) is 31.9. The van der Waals surface area contributed by atoms with E-state index in [1.54, 1.807) is 11.1 Å². The second-order valence-electron chi connectivity index (χ2n) is 13.9. The van der Waals surface area contributed by atoms with E-state index in [0.717, 1.165) is 12.3 Å². The third-order valence-electron chi connectivity index (χ3n) is 11.2. The maximum absolute atomic E-state index is 2.61. The molecule has 0 bridgehead atoms. The quantitative estimate of drug-likeness (QED) is 0.155. The van der Waals surface area contributed by atoms with Gasteiger partial charge in [0.25, 0.3) is 0 Å². The van der Waals surface area contributed by atoms with Crippen LogP contribution in [-0.2, 0) is 12.3 Å². The van der Waals surface area contributed by atoms with Gasteiger partial charge in [0, 0.05) is 11.3 Å². The Balaban J connectivity index is 1.31. The number of benzene rings is 8. The smallest absolute Gasteiger partial charge is 0.0157 e. The fraction of sp³-hybridized carbons (Fsp3) is 0.130. The highest BCUT2D eigenvalue weighted by molar-refractivity contribution is 7.60. The van der Waals surface area contributed by atoms with E-state index in [9.17, 15) is 0 Å². The van der Waals surface area contributed by atoms with Crippen LogP contribution in [0.2, 0.25) is 0 Å². The van der Waals surface area contributed by atoms with Crippen molar-refractivity contribution in [2.24, 2.45) is 0 Å². The molecule has 8 aromatic carbocycles. The molecule has 0 nitrogen and oxygen atoms in total. The van der Waals surface area contributed by atoms with Crippen molar-refractivity contribution in [2.75, 3.05) is 13.3 Å². The van der Waals surface area contributed by atoms with Gasteiger partial charge in [-0.05, 0) is 113 Å². The third-order valence-corrected chi connectivity index (χ3v) is 16.1. The topological polar surface area (TPSA) is 0 Å². The second kappa shape index (κ2) is 11.1. The first-order valence-electron chi connectivity index (χ1n) is 17.1. The lowest BCUT2D eigenvalue weighted by Crippen LogP contribution is -2.11. The van der Waals surface area contributed by atoms with Crippen molar-refractivity contribution in [3.05, 3.63) is 168 Å². The summed E-state index contributed by atoms with van der Waals surface area (Å²) in [5, 5.41) is 10.9.